The van der Waals surface area contributed by atoms with E-state index in [1.807, 2.05) is 43.3 Å². The standard InChI is InChI=1S/C26H25N3O5/c1-2-7-22(24(30)28-16-12-13-23(25(31)32)27-14-16)29-26(33)34-15-21-19-10-5-3-8-17(19)18-9-4-6-11-20(18)21/h3-6,8-14,21-22H,2,7,15H2,1H3,(H,28,30)(H,29,33)(H,31,32). The lowest BCUT2D eigenvalue weighted by atomic mass is 9.98. The number of pyridine rings is 1. The van der Waals surface area contributed by atoms with E-state index in [4.69, 9.17) is 9.84 Å². The Bertz CT molecular complexity index is 1160. The number of amides is 2. The molecular formula is C26H25N3O5. The lowest BCUT2D eigenvalue weighted by Crippen LogP contribution is -2.44. The molecule has 1 aromatic heterocycles. The molecule has 8 heteroatoms. The molecule has 1 aliphatic rings. The number of hydrogen-bond acceptors (Lipinski definition) is 5. The smallest absolute Gasteiger partial charge is 0.407 e. The van der Waals surface area contributed by atoms with Crippen LogP contribution in [0.5, 0.6) is 0 Å². The number of alkyl carbamates (subject to hydrolysis) is 1. The first-order valence-corrected chi connectivity index (χ1v) is 11.1. The molecule has 8 nitrogen and oxygen atoms in total. The van der Waals surface area contributed by atoms with E-state index in [0.717, 1.165) is 22.3 Å². The van der Waals surface area contributed by atoms with Gasteiger partial charge in [0.15, 0.2) is 0 Å². The van der Waals surface area contributed by atoms with Gasteiger partial charge in [0.2, 0.25) is 5.91 Å². The molecule has 34 heavy (non-hydrogen) atoms. The van der Waals surface area contributed by atoms with Crippen molar-refractivity contribution in [3.63, 3.8) is 0 Å². The molecule has 0 radical (unpaired) electrons. The van der Waals surface area contributed by atoms with Gasteiger partial charge in [0.05, 0.1) is 11.9 Å². The first-order valence-electron chi connectivity index (χ1n) is 11.1. The quantitative estimate of drug-likeness (QED) is 0.459. The Morgan fingerprint density at radius 2 is 1.65 bits per heavy atom. The number of fused-ring (bicyclic) bond motifs is 3. The minimum absolute atomic E-state index is 0.0737. The molecule has 1 atom stereocenters. The van der Waals surface area contributed by atoms with E-state index >= 15 is 0 Å². The van der Waals surface area contributed by atoms with Crippen LogP contribution in [-0.4, -0.2) is 40.7 Å². The van der Waals surface area contributed by atoms with Crippen LogP contribution in [0.1, 0.15) is 47.3 Å². The Labute approximate surface area is 197 Å². The van der Waals surface area contributed by atoms with Crippen LogP contribution < -0.4 is 10.6 Å². The largest absolute Gasteiger partial charge is 0.477 e. The zero-order valence-electron chi connectivity index (χ0n) is 18.7. The maximum Gasteiger partial charge on any atom is 0.407 e. The van der Waals surface area contributed by atoms with Gasteiger partial charge in [-0.25, -0.2) is 14.6 Å². The van der Waals surface area contributed by atoms with Gasteiger partial charge < -0.3 is 20.5 Å². The highest BCUT2D eigenvalue weighted by Crippen LogP contribution is 2.44. The number of carbonyl (C=O) groups excluding carboxylic acids is 2. The number of benzene rings is 2. The molecule has 0 aliphatic heterocycles. The summed E-state index contributed by atoms with van der Waals surface area (Å²) in [6, 6.07) is 18.1. The first-order chi connectivity index (χ1) is 16.5. The van der Waals surface area contributed by atoms with Gasteiger partial charge in [0.25, 0.3) is 0 Å². The lowest BCUT2D eigenvalue weighted by Gasteiger charge is -2.19. The van der Waals surface area contributed by atoms with Crippen LogP contribution in [0.15, 0.2) is 66.9 Å². The average molecular weight is 460 g/mol. The summed E-state index contributed by atoms with van der Waals surface area (Å²) in [6.45, 7) is 2.06. The van der Waals surface area contributed by atoms with E-state index in [2.05, 4.69) is 27.8 Å². The Balaban J connectivity index is 1.39. The van der Waals surface area contributed by atoms with Crippen LogP contribution in [0, 0.1) is 0 Å². The maximum absolute atomic E-state index is 12.7. The number of carboxylic acid groups (broad SMARTS) is 1. The average Bonchev–Trinajstić information content (AvgIpc) is 3.16. The van der Waals surface area contributed by atoms with Gasteiger partial charge in [-0.2, -0.15) is 0 Å². The van der Waals surface area contributed by atoms with Crippen molar-refractivity contribution >= 4 is 23.7 Å². The van der Waals surface area contributed by atoms with Gasteiger partial charge in [-0.1, -0.05) is 61.9 Å². The van der Waals surface area contributed by atoms with E-state index in [-0.39, 0.29) is 18.2 Å². The summed E-state index contributed by atoms with van der Waals surface area (Å²) in [5.41, 5.74) is 4.70. The van der Waals surface area contributed by atoms with E-state index in [0.29, 0.717) is 18.5 Å². The van der Waals surface area contributed by atoms with E-state index < -0.39 is 24.0 Å². The zero-order valence-corrected chi connectivity index (χ0v) is 18.7. The fourth-order valence-electron chi connectivity index (χ4n) is 4.16. The number of nitrogens with zero attached hydrogens (tertiary/aromatic N) is 1. The third kappa shape index (κ3) is 4.91. The van der Waals surface area contributed by atoms with Crippen molar-refractivity contribution in [3.8, 4) is 11.1 Å². The highest BCUT2D eigenvalue weighted by molar-refractivity contribution is 5.96. The van der Waals surface area contributed by atoms with Crippen LogP contribution in [0.3, 0.4) is 0 Å². The number of aromatic carboxylic acids is 1. The number of carbonyl (C=O) groups is 3. The maximum atomic E-state index is 12.7. The fourth-order valence-corrected chi connectivity index (χ4v) is 4.16. The summed E-state index contributed by atoms with van der Waals surface area (Å²) in [5, 5.41) is 14.2. The molecule has 0 saturated heterocycles. The van der Waals surface area contributed by atoms with Gasteiger partial charge in [0.1, 0.15) is 18.3 Å². The van der Waals surface area contributed by atoms with Crippen molar-refractivity contribution in [2.24, 2.45) is 0 Å². The number of hydrogen-bond donors (Lipinski definition) is 3. The van der Waals surface area contributed by atoms with Crippen molar-refractivity contribution < 1.29 is 24.2 Å². The molecule has 1 unspecified atom stereocenters. The van der Waals surface area contributed by atoms with Crippen molar-refractivity contribution in [3.05, 3.63) is 83.7 Å². The minimum atomic E-state index is -1.15. The van der Waals surface area contributed by atoms with Crippen LogP contribution in [0.4, 0.5) is 10.5 Å². The van der Waals surface area contributed by atoms with Gasteiger partial charge >= 0.3 is 12.1 Å². The number of carboxylic acids is 1. The Hall–Kier alpha value is -4.20. The number of ether oxygens (including phenoxy) is 1. The van der Waals surface area contributed by atoms with Crippen LogP contribution in [-0.2, 0) is 9.53 Å². The van der Waals surface area contributed by atoms with Gasteiger partial charge in [-0.3, -0.25) is 4.79 Å². The molecule has 0 fully saturated rings. The Morgan fingerprint density at radius 1 is 1.00 bits per heavy atom. The third-order valence-electron chi connectivity index (χ3n) is 5.78. The van der Waals surface area contributed by atoms with Gasteiger partial charge in [-0.05, 0) is 40.8 Å². The zero-order chi connectivity index (χ0) is 24.1. The van der Waals surface area contributed by atoms with Gasteiger partial charge in [-0.15, -0.1) is 0 Å². The molecule has 2 aromatic carbocycles. The highest BCUT2D eigenvalue weighted by atomic mass is 16.5. The molecule has 174 valence electrons. The van der Waals surface area contributed by atoms with Crippen LogP contribution in [0.25, 0.3) is 11.1 Å². The molecule has 0 spiro atoms. The Kier molecular flexibility index (Phi) is 6.87. The highest BCUT2D eigenvalue weighted by Gasteiger charge is 2.29. The van der Waals surface area contributed by atoms with Crippen molar-refractivity contribution in [1.29, 1.82) is 0 Å². The second-order valence-corrected chi connectivity index (χ2v) is 8.04. The molecule has 3 N–H and O–H groups in total. The van der Waals surface area contributed by atoms with Crippen LogP contribution in [0.2, 0.25) is 0 Å². The molecule has 3 aromatic rings. The molecular weight excluding hydrogens is 434 g/mol. The fraction of sp³-hybridized carbons (Fsp3) is 0.231. The van der Waals surface area contributed by atoms with E-state index in [1.165, 1.54) is 18.3 Å². The third-order valence-corrected chi connectivity index (χ3v) is 5.78. The SMILES string of the molecule is CCCC(NC(=O)OCC1c2ccccc2-c2ccccc21)C(=O)Nc1ccc(C(=O)O)nc1. The van der Waals surface area contributed by atoms with Crippen molar-refractivity contribution in [2.45, 2.75) is 31.7 Å². The number of rotatable bonds is 8. The predicted octanol–water partition coefficient (Wildman–Crippen LogP) is 4.43. The summed E-state index contributed by atoms with van der Waals surface area (Å²) in [4.78, 5) is 40.0. The molecule has 1 aliphatic carbocycles. The number of aromatic nitrogens is 1. The molecule has 4 rings (SSSR count). The van der Waals surface area contributed by atoms with Crippen molar-refractivity contribution in [1.82, 2.24) is 10.3 Å². The van der Waals surface area contributed by atoms with Crippen LogP contribution >= 0.6 is 0 Å². The molecule has 1 heterocycles. The molecule has 0 bridgehead atoms. The number of nitrogens with one attached hydrogen (secondary N) is 2. The summed E-state index contributed by atoms with van der Waals surface area (Å²) >= 11 is 0. The molecule has 0 saturated carbocycles. The topological polar surface area (TPSA) is 118 Å². The second kappa shape index (κ2) is 10.2. The number of anilines is 1. The summed E-state index contributed by atoms with van der Waals surface area (Å²) < 4.78 is 5.55. The summed E-state index contributed by atoms with van der Waals surface area (Å²) in [6.07, 6.45) is 1.67. The van der Waals surface area contributed by atoms with Crippen molar-refractivity contribution in [2.75, 3.05) is 11.9 Å². The van der Waals surface area contributed by atoms with E-state index in [9.17, 15) is 14.4 Å². The molecule has 2 amide bonds. The predicted molar refractivity (Wildman–Crippen MR) is 127 cm³/mol. The normalized spacial score (nSPS) is 12.9. The Morgan fingerprint density at radius 3 is 2.21 bits per heavy atom. The second-order valence-electron chi connectivity index (χ2n) is 8.04. The van der Waals surface area contributed by atoms with E-state index in [1.54, 1.807) is 0 Å². The monoisotopic (exact) mass is 459 g/mol. The summed E-state index contributed by atoms with van der Waals surface area (Å²) in [5.74, 6) is -1.66. The minimum Gasteiger partial charge on any atom is -0.477 e. The summed E-state index contributed by atoms with van der Waals surface area (Å²) in [7, 11) is 0. The van der Waals surface area contributed by atoms with Gasteiger partial charge in [0, 0.05) is 5.92 Å². The first kappa shape index (κ1) is 23.0. The lowest BCUT2D eigenvalue weighted by molar-refractivity contribution is -0.118.